The third kappa shape index (κ3) is 5.39. The third-order valence-corrected chi connectivity index (χ3v) is 3.93. The molecular weight excluding hydrogens is 346 g/mol. The minimum atomic E-state index is -0.580. The van der Waals surface area contributed by atoms with E-state index in [0.717, 1.165) is 31.6 Å². The first-order valence-electron chi connectivity index (χ1n) is 7.70. The first kappa shape index (κ1) is 18.6. The van der Waals surface area contributed by atoms with Crippen LogP contribution in [0.2, 0.25) is 5.02 Å². The number of anilines is 2. The van der Waals surface area contributed by atoms with Gasteiger partial charge in [-0.15, -0.1) is 0 Å². The second-order valence-electron chi connectivity index (χ2n) is 5.31. The Kier molecular flexibility index (Phi) is 6.64. The lowest BCUT2D eigenvalue weighted by Crippen LogP contribution is -2.22. The average Bonchev–Trinajstić information content (AvgIpc) is 3.12. The number of nitrogens with one attached hydrogen (secondary N) is 2. The molecule has 0 aliphatic carbocycles. The topological polar surface area (TPSA) is 113 Å². The van der Waals surface area contributed by atoms with Crippen LogP contribution in [0, 0.1) is 0 Å². The molecule has 4 N–H and O–H groups in total. The van der Waals surface area contributed by atoms with Gasteiger partial charge in [0.15, 0.2) is 0 Å². The van der Waals surface area contributed by atoms with Crippen LogP contribution < -0.4 is 26.2 Å². The number of primary amides is 1. The first-order valence-corrected chi connectivity index (χ1v) is 8.07. The summed E-state index contributed by atoms with van der Waals surface area (Å²) in [6, 6.07) is 6.39. The number of hydrogen-bond acceptors (Lipinski definition) is 5. The Labute approximate surface area is 149 Å². The summed E-state index contributed by atoms with van der Waals surface area (Å²) in [5.41, 5.74) is 5.99. The molecule has 2 amide bonds. The molecule has 1 saturated heterocycles. The summed E-state index contributed by atoms with van der Waals surface area (Å²) in [5, 5.41) is 8.71. The van der Waals surface area contributed by atoms with E-state index >= 15 is 0 Å². The van der Waals surface area contributed by atoms with Gasteiger partial charge in [0.1, 0.15) is 10.8 Å². The maximum absolute atomic E-state index is 11.1. The van der Waals surface area contributed by atoms with Crippen LogP contribution in [0.1, 0.15) is 12.8 Å². The normalized spacial score (nSPS) is 13.0. The number of urea groups is 1. The Hall–Kier alpha value is -2.74. The van der Waals surface area contributed by atoms with Gasteiger partial charge in [0, 0.05) is 24.8 Å². The molecule has 134 valence electrons. The zero-order valence-corrected chi connectivity index (χ0v) is 14.5. The number of hydrogen-bond donors (Lipinski definition) is 3. The predicted octanol–water partition coefficient (Wildman–Crippen LogP) is 2.21. The van der Waals surface area contributed by atoms with Crippen LogP contribution in [0.3, 0.4) is 0 Å². The quantitative estimate of drug-likeness (QED) is 0.771. The van der Waals surface area contributed by atoms with E-state index in [0.29, 0.717) is 11.4 Å². The SMILES string of the molecule is COc1cccc(NC(N)=O)c1.O=c1[nH]ncc(N2CCCC2)c1Cl. The average molecular weight is 366 g/mol. The molecule has 1 aromatic heterocycles. The fraction of sp³-hybridized carbons (Fsp3) is 0.312. The summed E-state index contributed by atoms with van der Waals surface area (Å²) in [5.74, 6) is 0.682. The van der Waals surface area contributed by atoms with Gasteiger partial charge in [-0.1, -0.05) is 17.7 Å². The van der Waals surface area contributed by atoms with Crippen molar-refractivity contribution < 1.29 is 9.53 Å². The van der Waals surface area contributed by atoms with Gasteiger partial charge >= 0.3 is 6.03 Å². The van der Waals surface area contributed by atoms with Crippen LogP contribution >= 0.6 is 11.6 Å². The molecule has 25 heavy (non-hydrogen) atoms. The smallest absolute Gasteiger partial charge is 0.316 e. The van der Waals surface area contributed by atoms with E-state index in [1.807, 2.05) is 0 Å². The van der Waals surface area contributed by atoms with Gasteiger partial charge in [-0.3, -0.25) is 4.79 Å². The molecule has 0 unspecified atom stereocenters. The largest absolute Gasteiger partial charge is 0.497 e. The van der Waals surface area contributed by atoms with Crippen LogP contribution in [0.5, 0.6) is 5.75 Å². The van der Waals surface area contributed by atoms with E-state index in [2.05, 4.69) is 20.4 Å². The van der Waals surface area contributed by atoms with Crippen molar-refractivity contribution in [2.24, 2.45) is 5.73 Å². The molecule has 0 radical (unpaired) electrons. The van der Waals surface area contributed by atoms with Crippen molar-refractivity contribution in [3.8, 4) is 5.75 Å². The summed E-state index contributed by atoms with van der Waals surface area (Å²) in [7, 11) is 1.56. The molecule has 0 spiro atoms. The summed E-state index contributed by atoms with van der Waals surface area (Å²) in [6.45, 7) is 1.93. The standard InChI is InChI=1S/C8H10ClN3O.C8H10N2O2/c9-7-6(5-10-11-8(7)13)12-3-1-2-4-12;1-12-7-4-2-3-6(5-7)10-8(9)11/h5H,1-4H2,(H,11,13);2-5H,1H3,(H3,9,10,11). The number of carbonyl (C=O) groups is 1. The number of halogens is 1. The van der Waals surface area contributed by atoms with Crippen molar-refractivity contribution in [3.63, 3.8) is 0 Å². The van der Waals surface area contributed by atoms with E-state index < -0.39 is 6.03 Å². The van der Waals surface area contributed by atoms with Crippen LogP contribution in [-0.2, 0) is 0 Å². The molecule has 8 nitrogen and oxygen atoms in total. The van der Waals surface area contributed by atoms with Gasteiger partial charge in [-0.05, 0) is 25.0 Å². The first-order chi connectivity index (χ1) is 12.0. The summed E-state index contributed by atoms with van der Waals surface area (Å²) in [6.07, 6.45) is 3.92. The molecular formula is C16H20ClN5O3. The lowest BCUT2D eigenvalue weighted by Gasteiger charge is -2.17. The second kappa shape index (κ2) is 8.93. The Balaban J connectivity index is 0.000000181. The third-order valence-electron chi connectivity index (χ3n) is 3.56. The number of methoxy groups -OCH3 is 1. The number of carbonyl (C=O) groups excluding carboxylic acids is 1. The summed E-state index contributed by atoms with van der Waals surface area (Å²) in [4.78, 5) is 23.6. The Morgan fingerprint density at radius 1 is 1.40 bits per heavy atom. The van der Waals surface area contributed by atoms with Gasteiger partial charge in [-0.2, -0.15) is 5.10 Å². The van der Waals surface area contributed by atoms with Crippen LogP contribution in [0.15, 0.2) is 35.3 Å². The molecule has 0 saturated carbocycles. The summed E-state index contributed by atoms with van der Waals surface area (Å²) >= 11 is 5.85. The second-order valence-corrected chi connectivity index (χ2v) is 5.69. The molecule has 1 aliphatic heterocycles. The zero-order valence-electron chi connectivity index (χ0n) is 13.8. The van der Waals surface area contributed by atoms with Gasteiger partial charge in [-0.25, -0.2) is 9.89 Å². The Morgan fingerprint density at radius 2 is 2.12 bits per heavy atom. The van der Waals surface area contributed by atoms with Gasteiger partial charge in [0.25, 0.3) is 5.56 Å². The highest BCUT2D eigenvalue weighted by Gasteiger charge is 2.16. The van der Waals surface area contributed by atoms with Crippen molar-refractivity contribution >= 4 is 29.0 Å². The van der Waals surface area contributed by atoms with E-state index in [1.165, 1.54) is 0 Å². The molecule has 9 heteroatoms. The molecule has 1 aliphatic rings. The van der Waals surface area contributed by atoms with Crippen LogP contribution in [0.25, 0.3) is 0 Å². The molecule has 2 aromatic rings. The number of nitrogens with two attached hydrogens (primary N) is 1. The number of H-pyrrole nitrogens is 1. The number of aromatic amines is 1. The number of benzene rings is 1. The van der Waals surface area contributed by atoms with Gasteiger partial charge < -0.3 is 20.7 Å². The number of nitrogens with zero attached hydrogens (tertiary/aromatic N) is 2. The number of rotatable bonds is 3. The zero-order chi connectivity index (χ0) is 18.2. The highest BCUT2D eigenvalue weighted by molar-refractivity contribution is 6.33. The highest BCUT2D eigenvalue weighted by Crippen LogP contribution is 2.24. The van der Waals surface area contributed by atoms with Crippen LogP contribution in [0.4, 0.5) is 16.2 Å². The lowest BCUT2D eigenvalue weighted by molar-refractivity contribution is 0.259. The minimum Gasteiger partial charge on any atom is -0.497 e. The van der Waals surface area contributed by atoms with Crippen molar-refractivity contribution in [3.05, 3.63) is 45.8 Å². The number of aromatic nitrogens is 2. The monoisotopic (exact) mass is 365 g/mol. The summed E-state index contributed by atoms with van der Waals surface area (Å²) < 4.78 is 4.94. The van der Waals surface area contributed by atoms with E-state index in [9.17, 15) is 9.59 Å². The lowest BCUT2D eigenvalue weighted by atomic mass is 10.3. The van der Waals surface area contributed by atoms with Crippen LogP contribution in [-0.4, -0.2) is 36.4 Å². The molecule has 0 bridgehead atoms. The number of amides is 2. The fourth-order valence-corrected chi connectivity index (χ4v) is 2.61. The van der Waals surface area contributed by atoms with E-state index in [-0.39, 0.29) is 10.6 Å². The van der Waals surface area contributed by atoms with Crippen molar-refractivity contribution in [2.45, 2.75) is 12.8 Å². The van der Waals surface area contributed by atoms with Gasteiger partial charge in [0.2, 0.25) is 0 Å². The Bertz CT molecular complexity index is 774. The molecule has 3 rings (SSSR count). The molecule has 0 atom stereocenters. The van der Waals surface area contributed by atoms with E-state index in [4.69, 9.17) is 22.1 Å². The fourth-order valence-electron chi connectivity index (χ4n) is 2.40. The molecule has 1 aromatic carbocycles. The minimum absolute atomic E-state index is 0.247. The van der Waals surface area contributed by atoms with Gasteiger partial charge in [0.05, 0.1) is 19.0 Å². The van der Waals surface area contributed by atoms with Crippen molar-refractivity contribution in [1.82, 2.24) is 10.2 Å². The molecule has 1 fully saturated rings. The van der Waals surface area contributed by atoms with Crippen molar-refractivity contribution in [2.75, 3.05) is 30.4 Å². The highest BCUT2D eigenvalue weighted by atomic mass is 35.5. The predicted molar refractivity (Wildman–Crippen MR) is 97.5 cm³/mol. The molecule has 2 heterocycles. The van der Waals surface area contributed by atoms with Crippen molar-refractivity contribution in [1.29, 1.82) is 0 Å². The number of ether oxygens (including phenoxy) is 1. The maximum Gasteiger partial charge on any atom is 0.316 e. The van der Waals surface area contributed by atoms with E-state index in [1.54, 1.807) is 37.6 Å². The maximum atomic E-state index is 11.1. The Morgan fingerprint density at radius 3 is 2.76 bits per heavy atom.